The first-order valence-corrected chi connectivity index (χ1v) is 13.7. The smallest absolute Gasteiger partial charge is 0.406 e. The number of benzene rings is 3. The Bertz CT molecular complexity index is 1320. The summed E-state index contributed by atoms with van der Waals surface area (Å²) in [6.07, 6.45) is -2.05. The lowest BCUT2D eigenvalue weighted by molar-refractivity contribution is -0.274. The number of para-hydroxylation sites is 2. The molecule has 10 heteroatoms. The van der Waals surface area contributed by atoms with Crippen LogP contribution >= 0.6 is 0 Å². The highest BCUT2D eigenvalue weighted by atomic mass is 32.2. The van der Waals surface area contributed by atoms with Crippen LogP contribution in [0.15, 0.2) is 77.7 Å². The molecule has 0 spiro atoms. The summed E-state index contributed by atoms with van der Waals surface area (Å²) in [7, 11) is -3.60. The molecular formula is C27H28F3N3O3S. The first-order chi connectivity index (χ1) is 17.6. The predicted octanol–water partition coefficient (Wildman–Crippen LogP) is 5.71. The third-order valence-electron chi connectivity index (χ3n) is 7.03. The molecule has 3 aromatic carbocycles. The molecule has 1 aliphatic heterocycles. The van der Waals surface area contributed by atoms with Crippen molar-refractivity contribution in [3.63, 3.8) is 0 Å². The van der Waals surface area contributed by atoms with Crippen LogP contribution in [-0.4, -0.2) is 33.9 Å². The van der Waals surface area contributed by atoms with Gasteiger partial charge < -0.3 is 14.7 Å². The van der Waals surface area contributed by atoms with Crippen LogP contribution in [0.4, 0.5) is 24.5 Å². The molecule has 0 bridgehead atoms. The highest BCUT2D eigenvalue weighted by Crippen LogP contribution is 2.41. The Morgan fingerprint density at radius 1 is 0.919 bits per heavy atom. The van der Waals surface area contributed by atoms with Gasteiger partial charge >= 0.3 is 6.36 Å². The number of aliphatic hydroxyl groups is 1. The Morgan fingerprint density at radius 2 is 1.49 bits per heavy atom. The molecule has 0 aromatic heterocycles. The summed E-state index contributed by atoms with van der Waals surface area (Å²) < 4.78 is 65.8. The number of aryl methyl sites for hydroxylation is 2. The average molecular weight is 532 g/mol. The van der Waals surface area contributed by atoms with Crippen LogP contribution in [0.5, 0.6) is 5.75 Å². The van der Waals surface area contributed by atoms with E-state index in [2.05, 4.69) is 38.6 Å². The molecule has 4 unspecified atom stereocenters. The summed E-state index contributed by atoms with van der Waals surface area (Å²) in [4.78, 5) is 2.20. The van der Waals surface area contributed by atoms with Crippen LogP contribution in [0.3, 0.4) is 0 Å². The fourth-order valence-corrected chi connectivity index (χ4v) is 6.69. The number of halogens is 3. The number of rotatable bonds is 5. The summed E-state index contributed by atoms with van der Waals surface area (Å²) in [5, 5.41) is 11.5. The van der Waals surface area contributed by atoms with E-state index < -0.39 is 34.2 Å². The average Bonchev–Trinajstić information content (AvgIpc) is 3.02. The Kier molecular flexibility index (Phi) is 6.91. The van der Waals surface area contributed by atoms with Crippen LogP contribution in [-0.2, 0) is 22.8 Å². The summed E-state index contributed by atoms with van der Waals surface area (Å²) in [5.74, 6) is -0.456. The molecule has 0 saturated heterocycles. The lowest BCUT2D eigenvalue weighted by Gasteiger charge is -2.43. The number of aliphatic hydroxyl groups excluding tert-OH is 1. The number of alkyl halides is 3. The normalized spacial score (nSPS) is 23.4. The zero-order valence-corrected chi connectivity index (χ0v) is 20.8. The SMILES string of the molecule is N=S(=O)(NC1CCCC(N2c3ccccc3CCc3ccccc32)C1O)c1ccc(OC(F)(F)F)cc1. The molecule has 2 aliphatic rings. The Labute approximate surface area is 214 Å². The summed E-state index contributed by atoms with van der Waals surface area (Å²) in [6, 6.07) is 19.7. The first-order valence-electron chi connectivity index (χ1n) is 12.2. The molecule has 196 valence electrons. The molecule has 3 N–H and O–H groups in total. The van der Waals surface area contributed by atoms with Crippen molar-refractivity contribution in [3.05, 3.63) is 83.9 Å². The maximum atomic E-state index is 13.3. The quantitative estimate of drug-likeness (QED) is 0.394. The molecule has 4 atom stereocenters. The molecule has 6 nitrogen and oxygen atoms in total. The van der Waals surface area contributed by atoms with Gasteiger partial charge in [-0.1, -0.05) is 36.4 Å². The first kappa shape index (κ1) is 25.6. The number of nitrogens with one attached hydrogen (secondary N) is 2. The van der Waals surface area contributed by atoms with E-state index in [9.17, 15) is 22.5 Å². The highest BCUT2D eigenvalue weighted by molar-refractivity contribution is 7.90. The van der Waals surface area contributed by atoms with Crippen molar-refractivity contribution < 1.29 is 27.2 Å². The standard InChI is InChI=1S/C27H28F3N3O3S/c28-27(29,30)36-20-14-16-21(17-15-20)37(31,35)32-22-8-5-11-25(26(22)34)33-23-9-3-1-6-18(23)12-13-19-7-2-4-10-24(19)33/h1-4,6-7,9-10,14-17,22,25-26,34H,5,8,11-13H2,(H2,31,32,35). The minimum atomic E-state index is -4.84. The van der Waals surface area contributed by atoms with Crippen molar-refractivity contribution in [2.24, 2.45) is 0 Å². The van der Waals surface area contributed by atoms with E-state index in [0.29, 0.717) is 12.8 Å². The number of fused-ring (bicyclic) bond motifs is 2. The second-order valence-corrected chi connectivity index (χ2v) is 11.2. The largest absolute Gasteiger partial charge is 0.573 e. The lowest BCUT2D eigenvalue weighted by atomic mass is 9.86. The third kappa shape index (κ3) is 5.46. The second-order valence-electron chi connectivity index (χ2n) is 9.42. The van der Waals surface area contributed by atoms with E-state index in [-0.39, 0.29) is 10.9 Å². The minimum absolute atomic E-state index is 0.0156. The Morgan fingerprint density at radius 3 is 2.05 bits per heavy atom. The second kappa shape index (κ2) is 10.00. The maximum Gasteiger partial charge on any atom is 0.573 e. The van der Waals surface area contributed by atoms with E-state index in [4.69, 9.17) is 4.78 Å². The van der Waals surface area contributed by atoms with Gasteiger partial charge in [-0.2, -0.15) is 0 Å². The van der Waals surface area contributed by atoms with Crippen molar-refractivity contribution >= 4 is 21.3 Å². The van der Waals surface area contributed by atoms with Crippen LogP contribution in [0.1, 0.15) is 30.4 Å². The molecular weight excluding hydrogens is 503 g/mol. The van der Waals surface area contributed by atoms with Crippen molar-refractivity contribution in [1.29, 1.82) is 4.78 Å². The van der Waals surface area contributed by atoms with Crippen LogP contribution in [0.2, 0.25) is 0 Å². The van der Waals surface area contributed by atoms with Crippen LogP contribution in [0.25, 0.3) is 0 Å². The molecule has 0 radical (unpaired) electrons. The number of anilines is 2. The van der Waals surface area contributed by atoms with Crippen molar-refractivity contribution in [2.75, 3.05) is 4.90 Å². The third-order valence-corrected chi connectivity index (χ3v) is 8.60. The number of nitrogens with zero attached hydrogens (tertiary/aromatic N) is 1. The molecule has 0 amide bonds. The van der Waals surface area contributed by atoms with E-state index in [1.807, 2.05) is 24.3 Å². The summed E-state index contributed by atoms with van der Waals surface area (Å²) in [5.41, 5.74) is 4.44. The number of hydrogen-bond acceptors (Lipinski definition) is 5. The van der Waals surface area contributed by atoms with Crippen LogP contribution in [0, 0.1) is 4.78 Å². The fraction of sp³-hybridized carbons (Fsp3) is 0.333. The van der Waals surface area contributed by atoms with Gasteiger partial charge in [0, 0.05) is 17.4 Å². The number of hydrogen-bond donors (Lipinski definition) is 3. The lowest BCUT2D eigenvalue weighted by Crippen LogP contribution is -2.55. The van der Waals surface area contributed by atoms with E-state index in [0.717, 1.165) is 42.8 Å². The van der Waals surface area contributed by atoms with Gasteiger partial charge in [0.1, 0.15) is 15.7 Å². The molecule has 1 saturated carbocycles. The zero-order chi connectivity index (χ0) is 26.2. The summed E-state index contributed by atoms with van der Waals surface area (Å²) >= 11 is 0. The maximum absolute atomic E-state index is 13.3. The molecule has 5 rings (SSSR count). The van der Waals surface area contributed by atoms with E-state index in [1.54, 1.807) is 0 Å². The fourth-order valence-electron chi connectivity index (χ4n) is 5.35. The number of ether oxygens (including phenoxy) is 1. The van der Waals surface area contributed by atoms with Gasteiger partial charge in [0.25, 0.3) is 0 Å². The Hall–Kier alpha value is -3.08. The molecule has 37 heavy (non-hydrogen) atoms. The van der Waals surface area contributed by atoms with Gasteiger partial charge in [0.2, 0.25) is 0 Å². The van der Waals surface area contributed by atoms with Gasteiger partial charge in [-0.05, 0) is 79.6 Å². The van der Waals surface area contributed by atoms with Gasteiger partial charge in [-0.15, -0.1) is 13.2 Å². The van der Waals surface area contributed by atoms with Gasteiger partial charge in [0.05, 0.1) is 17.0 Å². The molecule has 1 aliphatic carbocycles. The topological polar surface area (TPSA) is 85.7 Å². The highest BCUT2D eigenvalue weighted by Gasteiger charge is 2.39. The van der Waals surface area contributed by atoms with Crippen molar-refractivity contribution in [2.45, 2.75) is 61.5 Å². The van der Waals surface area contributed by atoms with Gasteiger partial charge in [-0.3, -0.25) is 0 Å². The molecule has 3 aromatic rings. The van der Waals surface area contributed by atoms with Gasteiger partial charge in [-0.25, -0.2) is 13.7 Å². The van der Waals surface area contributed by atoms with Crippen molar-refractivity contribution in [1.82, 2.24) is 4.72 Å². The van der Waals surface area contributed by atoms with Crippen LogP contribution < -0.4 is 14.4 Å². The predicted molar refractivity (Wildman–Crippen MR) is 135 cm³/mol. The monoisotopic (exact) mass is 531 g/mol. The zero-order valence-electron chi connectivity index (χ0n) is 19.9. The summed E-state index contributed by atoms with van der Waals surface area (Å²) in [6.45, 7) is 0. The molecule has 1 fully saturated rings. The van der Waals surface area contributed by atoms with E-state index >= 15 is 0 Å². The van der Waals surface area contributed by atoms with Crippen molar-refractivity contribution in [3.8, 4) is 5.75 Å². The Balaban J connectivity index is 1.41. The van der Waals surface area contributed by atoms with E-state index in [1.165, 1.54) is 23.3 Å². The molecule has 1 heterocycles. The van der Waals surface area contributed by atoms with Gasteiger partial charge in [0.15, 0.2) is 0 Å². The minimum Gasteiger partial charge on any atom is -0.406 e.